The van der Waals surface area contributed by atoms with E-state index in [0.29, 0.717) is 25.7 Å². The minimum atomic E-state index is -4.96. The van der Waals surface area contributed by atoms with E-state index in [1.165, 1.54) is 205 Å². The van der Waals surface area contributed by atoms with Gasteiger partial charge >= 0.3 is 39.5 Å². The molecule has 0 fully saturated rings. The zero-order valence-corrected chi connectivity index (χ0v) is 66.2. The van der Waals surface area contributed by atoms with Crippen molar-refractivity contribution in [3.8, 4) is 0 Å². The molecule has 0 aliphatic heterocycles. The van der Waals surface area contributed by atoms with Crippen LogP contribution in [-0.4, -0.2) is 96.7 Å². The number of carbonyl (C=O) groups is 4. The number of aliphatic hydroxyl groups is 1. The molecule has 582 valence electrons. The molecule has 0 aromatic carbocycles. The molecule has 0 rings (SSSR count). The Morgan fingerprint density at radius 3 is 0.673 bits per heavy atom. The average molecular weight is 1440 g/mol. The van der Waals surface area contributed by atoms with Gasteiger partial charge in [-0.25, -0.2) is 9.13 Å². The zero-order valence-electron chi connectivity index (χ0n) is 64.4. The summed E-state index contributed by atoms with van der Waals surface area (Å²) in [6.07, 6.45) is 53.7. The fraction of sp³-hybridized carbons (Fsp3) is 0.949. The molecule has 3 N–H and O–H groups in total. The minimum absolute atomic E-state index is 0.105. The van der Waals surface area contributed by atoms with E-state index in [9.17, 15) is 43.2 Å². The van der Waals surface area contributed by atoms with Crippen molar-refractivity contribution in [3.05, 3.63) is 0 Å². The zero-order chi connectivity index (χ0) is 72.4. The fourth-order valence-corrected chi connectivity index (χ4v) is 13.5. The number of hydrogen-bond acceptors (Lipinski definition) is 15. The van der Waals surface area contributed by atoms with Crippen molar-refractivity contribution in [3.63, 3.8) is 0 Å². The van der Waals surface area contributed by atoms with Crippen molar-refractivity contribution in [2.75, 3.05) is 39.6 Å². The highest BCUT2D eigenvalue weighted by molar-refractivity contribution is 7.47. The van der Waals surface area contributed by atoms with Gasteiger partial charge in [-0.05, 0) is 49.4 Å². The Morgan fingerprint density at radius 2 is 0.459 bits per heavy atom. The molecule has 0 aliphatic rings. The average Bonchev–Trinajstić information content (AvgIpc) is 0.935. The van der Waals surface area contributed by atoms with E-state index in [1.54, 1.807) is 0 Å². The lowest BCUT2D eigenvalue weighted by atomic mass is 9.99. The van der Waals surface area contributed by atoms with E-state index < -0.39 is 97.5 Å². The van der Waals surface area contributed by atoms with Crippen LogP contribution in [0.1, 0.15) is 402 Å². The molecule has 0 aromatic heterocycles. The maximum atomic E-state index is 13.1. The van der Waals surface area contributed by atoms with Gasteiger partial charge in [0.2, 0.25) is 0 Å². The van der Waals surface area contributed by atoms with Crippen molar-refractivity contribution in [2.45, 2.75) is 420 Å². The number of unbranched alkanes of at least 4 members (excludes halogenated alkanes) is 38. The van der Waals surface area contributed by atoms with Crippen LogP contribution in [0.3, 0.4) is 0 Å². The number of carbonyl (C=O) groups excluding carboxylic acids is 4. The van der Waals surface area contributed by atoms with E-state index in [2.05, 4.69) is 55.4 Å². The Bertz CT molecular complexity index is 1930. The molecule has 0 saturated heterocycles. The summed E-state index contributed by atoms with van der Waals surface area (Å²) in [5, 5.41) is 10.6. The first kappa shape index (κ1) is 96.1. The summed E-state index contributed by atoms with van der Waals surface area (Å²) in [6.45, 7) is 14.3. The Hall–Kier alpha value is -1.94. The molecule has 6 unspecified atom stereocenters. The van der Waals surface area contributed by atoms with E-state index in [-0.39, 0.29) is 25.7 Å². The highest BCUT2D eigenvalue weighted by Gasteiger charge is 2.30. The largest absolute Gasteiger partial charge is 0.472 e. The van der Waals surface area contributed by atoms with Gasteiger partial charge in [0.1, 0.15) is 19.3 Å². The summed E-state index contributed by atoms with van der Waals surface area (Å²) >= 11 is 0. The Morgan fingerprint density at radius 1 is 0.276 bits per heavy atom. The first-order valence-electron chi connectivity index (χ1n) is 40.9. The summed E-state index contributed by atoms with van der Waals surface area (Å²) in [7, 11) is -9.92. The normalized spacial score (nSPS) is 15.2. The third-order valence-electron chi connectivity index (χ3n) is 19.8. The standard InChI is InChI=1S/C79H154O17P2/c1-9-69(5)55-47-39-31-23-17-15-13-14-16-18-27-37-45-53-61-78(83)95-74(65-89-76(81)59-51-43-35-26-21-19-24-32-40-48-56-70(6)10-2)67-93-97(85,86)91-63-73(80)64-92-98(87,88)94-68-75(66-90-77(82)60-52-44-36-30-29-34-42-50-58-72(8)12-4)96-79(84)62-54-46-38-28-22-20-25-33-41-49-57-71(7)11-3/h69-75,80H,9-68H2,1-8H3,(H,85,86)(H,87,88)/t69?,70?,71?,72?,73-,74-,75-/m1/s1. The lowest BCUT2D eigenvalue weighted by Gasteiger charge is -2.21. The third-order valence-corrected chi connectivity index (χ3v) is 21.7. The molecule has 17 nitrogen and oxygen atoms in total. The monoisotopic (exact) mass is 1440 g/mol. The van der Waals surface area contributed by atoms with Crippen LogP contribution in [0.2, 0.25) is 0 Å². The summed E-state index contributed by atoms with van der Waals surface area (Å²) < 4.78 is 68.7. The van der Waals surface area contributed by atoms with Gasteiger partial charge in [0.05, 0.1) is 26.4 Å². The maximum Gasteiger partial charge on any atom is 0.472 e. The predicted octanol–water partition coefficient (Wildman–Crippen LogP) is 23.2. The van der Waals surface area contributed by atoms with Gasteiger partial charge < -0.3 is 33.8 Å². The highest BCUT2D eigenvalue weighted by atomic mass is 31.2. The Kier molecular flexibility index (Phi) is 66.8. The molecule has 9 atom stereocenters. The topological polar surface area (TPSA) is 237 Å². The number of aliphatic hydroxyl groups excluding tert-OH is 1. The predicted molar refractivity (Wildman–Crippen MR) is 400 cm³/mol. The number of esters is 4. The van der Waals surface area contributed by atoms with E-state index in [4.69, 9.17) is 37.0 Å². The van der Waals surface area contributed by atoms with Gasteiger partial charge in [-0.3, -0.25) is 37.3 Å². The molecule has 98 heavy (non-hydrogen) atoms. The number of ether oxygens (including phenoxy) is 4. The number of phosphoric acid groups is 2. The SMILES string of the molecule is CCC(C)CCCCCCCCCCCCCCCCC(=O)O[C@H](COC(=O)CCCCCCCCCCCCC(C)CC)COP(=O)(O)OC[C@@H](O)COP(=O)(O)OC[C@@H](COC(=O)CCCCCCCCCCC(C)CC)OC(=O)CCCCCCCCCCCCC(C)CC. The van der Waals surface area contributed by atoms with Crippen LogP contribution >= 0.6 is 15.6 Å². The second kappa shape index (κ2) is 68.2. The van der Waals surface area contributed by atoms with Crippen LogP contribution in [-0.2, 0) is 65.4 Å². The van der Waals surface area contributed by atoms with Gasteiger partial charge in [0.25, 0.3) is 0 Å². The summed E-state index contributed by atoms with van der Waals surface area (Å²) in [5.41, 5.74) is 0. The van der Waals surface area contributed by atoms with Crippen molar-refractivity contribution >= 4 is 39.5 Å². The van der Waals surface area contributed by atoms with E-state index in [0.717, 1.165) is 114 Å². The van der Waals surface area contributed by atoms with Gasteiger partial charge in [-0.2, -0.15) is 0 Å². The molecule has 0 saturated carbocycles. The second-order valence-corrected chi connectivity index (χ2v) is 32.3. The highest BCUT2D eigenvalue weighted by Crippen LogP contribution is 2.45. The van der Waals surface area contributed by atoms with Crippen LogP contribution < -0.4 is 0 Å². The molecule has 0 radical (unpaired) electrons. The Labute approximate surface area is 600 Å². The molecule has 0 spiro atoms. The molecule has 0 amide bonds. The van der Waals surface area contributed by atoms with Gasteiger partial charge in [0.15, 0.2) is 12.2 Å². The first-order valence-corrected chi connectivity index (χ1v) is 43.8. The van der Waals surface area contributed by atoms with Gasteiger partial charge in [0, 0.05) is 25.7 Å². The molecule has 19 heteroatoms. The number of hydrogen-bond donors (Lipinski definition) is 3. The van der Waals surface area contributed by atoms with Crippen LogP contribution in [0, 0.1) is 23.7 Å². The van der Waals surface area contributed by atoms with Gasteiger partial charge in [-0.1, -0.05) is 351 Å². The van der Waals surface area contributed by atoms with Crippen molar-refractivity contribution in [2.24, 2.45) is 23.7 Å². The fourth-order valence-electron chi connectivity index (χ4n) is 12.0. The molecule has 0 bridgehead atoms. The molecule has 0 aliphatic carbocycles. The molecular formula is C79H154O17P2. The quantitative estimate of drug-likeness (QED) is 0.0222. The third kappa shape index (κ3) is 67.2. The first-order chi connectivity index (χ1) is 47.2. The number of rotatable bonds is 76. The van der Waals surface area contributed by atoms with E-state index in [1.807, 2.05) is 0 Å². The number of phosphoric ester groups is 2. The second-order valence-electron chi connectivity index (χ2n) is 29.4. The summed E-state index contributed by atoms with van der Waals surface area (Å²) in [4.78, 5) is 73.0. The van der Waals surface area contributed by atoms with Crippen molar-refractivity contribution in [1.82, 2.24) is 0 Å². The van der Waals surface area contributed by atoms with Crippen LogP contribution in [0.25, 0.3) is 0 Å². The molecular weight excluding hydrogens is 1280 g/mol. The van der Waals surface area contributed by atoms with Crippen LogP contribution in [0.4, 0.5) is 0 Å². The summed E-state index contributed by atoms with van der Waals surface area (Å²) in [6, 6.07) is 0. The lowest BCUT2D eigenvalue weighted by Crippen LogP contribution is -2.30. The maximum absolute atomic E-state index is 13.1. The van der Waals surface area contributed by atoms with Crippen molar-refractivity contribution < 1.29 is 80.2 Å². The minimum Gasteiger partial charge on any atom is -0.462 e. The lowest BCUT2D eigenvalue weighted by molar-refractivity contribution is -0.161. The van der Waals surface area contributed by atoms with Gasteiger partial charge in [-0.15, -0.1) is 0 Å². The van der Waals surface area contributed by atoms with E-state index >= 15 is 0 Å². The Balaban J connectivity index is 5.28. The summed E-state index contributed by atoms with van der Waals surface area (Å²) in [5.74, 6) is 1.12. The smallest absolute Gasteiger partial charge is 0.462 e. The van der Waals surface area contributed by atoms with Crippen molar-refractivity contribution in [1.29, 1.82) is 0 Å². The molecule has 0 aromatic rings. The van der Waals surface area contributed by atoms with Crippen LogP contribution in [0.5, 0.6) is 0 Å². The molecule has 0 heterocycles. The van der Waals surface area contributed by atoms with Crippen LogP contribution in [0.15, 0.2) is 0 Å².